The molecule has 2 atom stereocenters. The number of aliphatic hydroxyl groups excluding tert-OH is 1. The number of nitrogens with one attached hydrogen (secondary N) is 1. The van der Waals surface area contributed by atoms with Gasteiger partial charge in [0.2, 0.25) is 10.0 Å². The minimum Gasteiger partial charge on any atom is -0.391 e. The van der Waals surface area contributed by atoms with E-state index in [9.17, 15) is 8.42 Å². The van der Waals surface area contributed by atoms with Crippen LogP contribution >= 0.6 is 11.3 Å². The number of sulfonamides is 1. The maximum atomic E-state index is 12.0. The fourth-order valence-electron chi connectivity index (χ4n) is 1.88. The number of hydrogen-bond acceptors (Lipinski definition) is 4. The van der Waals surface area contributed by atoms with Crippen LogP contribution in [0.2, 0.25) is 0 Å². The Morgan fingerprint density at radius 2 is 2.29 bits per heavy atom. The maximum absolute atomic E-state index is 12.0. The third kappa shape index (κ3) is 2.70. The van der Waals surface area contributed by atoms with Crippen molar-refractivity contribution in [2.45, 2.75) is 43.5 Å². The van der Waals surface area contributed by atoms with E-state index in [4.69, 9.17) is 5.11 Å². The molecule has 1 aromatic rings. The van der Waals surface area contributed by atoms with Crippen LogP contribution in [0, 0.1) is 12.8 Å². The summed E-state index contributed by atoms with van der Waals surface area (Å²) in [5, 5.41) is 9.07. The second-order valence-electron chi connectivity index (χ2n) is 4.46. The van der Waals surface area contributed by atoms with Crippen LogP contribution in [0.15, 0.2) is 10.3 Å². The Kier molecular flexibility index (Phi) is 3.58. The molecule has 1 aliphatic carbocycles. The number of hydrogen-bond donors (Lipinski definition) is 2. The molecule has 17 heavy (non-hydrogen) atoms. The van der Waals surface area contributed by atoms with Crippen LogP contribution in [0.5, 0.6) is 0 Å². The molecule has 0 aliphatic heterocycles. The van der Waals surface area contributed by atoms with Crippen molar-refractivity contribution in [1.29, 1.82) is 0 Å². The van der Waals surface area contributed by atoms with E-state index >= 15 is 0 Å². The lowest BCUT2D eigenvalue weighted by molar-refractivity contribution is 0.285. The van der Waals surface area contributed by atoms with Gasteiger partial charge in [0, 0.05) is 10.9 Å². The third-order valence-electron chi connectivity index (χ3n) is 3.16. The molecule has 1 fully saturated rings. The molecule has 4 nitrogen and oxygen atoms in total. The molecule has 96 valence electrons. The second kappa shape index (κ2) is 4.68. The summed E-state index contributed by atoms with van der Waals surface area (Å²) in [5.41, 5.74) is 0.834. The van der Waals surface area contributed by atoms with E-state index in [1.165, 1.54) is 0 Å². The highest BCUT2D eigenvalue weighted by Crippen LogP contribution is 2.35. The summed E-state index contributed by atoms with van der Waals surface area (Å²) in [6.07, 6.45) is 1.95. The van der Waals surface area contributed by atoms with Gasteiger partial charge in [-0.1, -0.05) is 13.3 Å². The Bertz CT molecular complexity index is 507. The van der Waals surface area contributed by atoms with Gasteiger partial charge >= 0.3 is 0 Å². The molecule has 1 saturated carbocycles. The van der Waals surface area contributed by atoms with Crippen molar-refractivity contribution in [1.82, 2.24) is 4.72 Å². The minimum absolute atomic E-state index is 0.102. The monoisotopic (exact) mass is 275 g/mol. The van der Waals surface area contributed by atoms with Crippen LogP contribution < -0.4 is 4.72 Å². The number of rotatable bonds is 5. The largest absolute Gasteiger partial charge is 0.391 e. The zero-order chi connectivity index (χ0) is 12.6. The zero-order valence-corrected chi connectivity index (χ0v) is 11.6. The molecule has 0 bridgehead atoms. The second-order valence-corrected chi connectivity index (χ2v) is 7.54. The first-order valence-corrected chi connectivity index (χ1v) is 8.00. The van der Waals surface area contributed by atoms with E-state index < -0.39 is 10.0 Å². The molecular weight excluding hydrogens is 258 g/mol. The van der Waals surface area contributed by atoms with Crippen molar-refractivity contribution in [3.63, 3.8) is 0 Å². The fraction of sp³-hybridized carbons (Fsp3) is 0.636. The summed E-state index contributed by atoms with van der Waals surface area (Å²) >= 11 is 1.14. The maximum Gasteiger partial charge on any atom is 0.250 e. The quantitative estimate of drug-likeness (QED) is 0.858. The van der Waals surface area contributed by atoms with Crippen LogP contribution in [0.1, 0.15) is 30.2 Å². The first-order chi connectivity index (χ1) is 7.97. The van der Waals surface area contributed by atoms with Gasteiger partial charge in [0.15, 0.2) is 0 Å². The van der Waals surface area contributed by atoms with Crippen LogP contribution in [0.4, 0.5) is 0 Å². The summed E-state index contributed by atoms with van der Waals surface area (Å²) in [6, 6.07) is 1.73. The molecule has 1 aromatic heterocycles. The molecule has 0 saturated heterocycles. The van der Waals surface area contributed by atoms with Gasteiger partial charge in [-0.2, -0.15) is 0 Å². The van der Waals surface area contributed by atoms with Crippen molar-refractivity contribution in [3.05, 3.63) is 16.5 Å². The van der Waals surface area contributed by atoms with Crippen molar-refractivity contribution in [2.24, 2.45) is 5.92 Å². The summed E-state index contributed by atoms with van der Waals surface area (Å²) in [5.74, 6) is 0.489. The van der Waals surface area contributed by atoms with Crippen LogP contribution in [-0.4, -0.2) is 19.6 Å². The Balaban J connectivity index is 2.14. The molecule has 2 rings (SSSR count). The highest BCUT2D eigenvalue weighted by Gasteiger charge is 2.39. The molecule has 2 N–H and O–H groups in total. The highest BCUT2D eigenvalue weighted by molar-refractivity contribution is 7.91. The van der Waals surface area contributed by atoms with E-state index in [0.717, 1.165) is 29.7 Å². The van der Waals surface area contributed by atoms with Gasteiger partial charge in [-0.3, -0.25) is 0 Å². The van der Waals surface area contributed by atoms with E-state index in [2.05, 4.69) is 11.6 Å². The van der Waals surface area contributed by atoms with Crippen molar-refractivity contribution in [3.8, 4) is 0 Å². The normalized spacial score (nSPS) is 23.9. The predicted molar refractivity (Wildman–Crippen MR) is 67.5 cm³/mol. The van der Waals surface area contributed by atoms with Gasteiger partial charge < -0.3 is 5.11 Å². The standard InChI is InChI=1S/C11H17NO3S2/c1-3-8-5-9(8)12-17(14,15)11-4-7(2)10(6-13)16-11/h4,8-9,12-13H,3,5-6H2,1-2H3. The average Bonchev–Trinajstić information content (AvgIpc) is 2.89. The lowest BCUT2D eigenvalue weighted by Gasteiger charge is -2.02. The van der Waals surface area contributed by atoms with Crippen molar-refractivity contribution in [2.75, 3.05) is 0 Å². The number of aliphatic hydroxyl groups is 1. The SMILES string of the molecule is CCC1CC1NS(=O)(=O)c1cc(C)c(CO)s1. The van der Waals surface area contributed by atoms with Gasteiger partial charge in [0.25, 0.3) is 0 Å². The topological polar surface area (TPSA) is 66.4 Å². The number of aryl methyl sites for hydroxylation is 1. The molecule has 1 heterocycles. The Labute approximate surface area is 106 Å². The van der Waals surface area contributed by atoms with Gasteiger partial charge in [-0.05, 0) is 30.9 Å². The molecule has 0 radical (unpaired) electrons. The van der Waals surface area contributed by atoms with Crippen LogP contribution in [-0.2, 0) is 16.6 Å². The van der Waals surface area contributed by atoms with Crippen molar-refractivity contribution < 1.29 is 13.5 Å². The van der Waals surface area contributed by atoms with Gasteiger partial charge in [0.1, 0.15) is 4.21 Å². The van der Waals surface area contributed by atoms with E-state index in [-0.39, 0.29) is 12.6 Å². The first kappa shape index (κ1) is 13.0. The molecule has 0 spiro atoms. The highest BCUT2D eigenvalue weighted by atomic mass is 32.2. The molecule has 1 aliphatic rings. The third-order valence-corrected chi connectivity index (χ3v) is 6.35. The lowest BCUT2D eigenvalue weighted by atomic mass is 10.3. The molecule has 0 aromatic carbocycles. The lowest BCUT2D eigenvalue weighted by Crippen LogP contribution is -2.26. The minimum atomic E-state index is -3.39. The Hall–Kier alpha value is -0.430. The summed E-state index contributed by atoms with van der Waals surface area (Å²) in [6.45, 7) is 3.78. The van der Waals surface area contributed by atoms with Gasteiger partial charge in [0.05, 0.1) is 6.61 Å². The van der Waals surface area contributed by atoms with Crippen LogP contribution in [0.3, 0.4) is 0 Å². The van der Waals surface area contributed by atoms with E-state index in [0.29, 0.717) is 15.0 Å². The molecule has 2 unspecified atom stereocenters. The average molecular weight is 275 g/mol. The zero-order valence-electron chi connectivity index (χ0n) is 9.93. The number of thiophene rings is 1. The summed E-state index contributed by atoms with van der Waals surface area (Å²) < 4.78 is 27.1. The van der Waals surface area contributed by atoms with Gasteiger partial charge in [-0.25, -0.2) is 13.1 Å². The predicted octanol–water partition coefficient (Wildman–Crippen LogP) is 1.63. The smallest absolute Gasteiger partial charge is 0.250 e. The van der Waals surface area contributed by atoms with Gasteiger partial charge in [-0.15, -0.1) is 11.3 Å². The molecule has 0 amide bonds. The van der Waals surface area contributed by atoms with E-state index in [1.807, 2.05) is 6.92 Å². The summed E-state index contributed by atoms with van der Waals surface area (Å²) in [4.78, 5) is 0.716. The van der Waals surface area contributed by atoms with Crippen LogP contribution in [0.25, 0.3) is 0 Å². The molecule has 6 heteroatoms. The van der Waals surface area contributed by atoms with E-state index in [1.54, 1.807) is 6.07 Å². The summed E-state index contributed by atoms with van der Waals surface area (Å²) in [7, 11) is -3.39. The molecular formula is C11H17NO3S2. The van der Waals surface area contributed by atoms with Crippen molar-refractivity contribution >= 4 is 21.4 Å². The fourth-order valence-corrected chi connectivity index (χ4v) is 4.66. The Morgan fingerprint density at radius 1 is 1.59 bits per heavy atom. The Morgan fingerprint density at radius 3 is 2.76 bits per heavy atom. The first-order valence-electron chi connectivity index (χ1n) is 5.70.